The third-order valence-corrected chi connectivity index (χ3v) is 1.63. The summed E-state index contributed by atoms with van der Waals surface area (Å²) in [6.45, 7) is 0. The minimum Gasteiger partial charge on any atom is -0.409 e. The molecule has 0 aliphatic carbocycles. The van der Waals surface area contributed by atoms with E-state index in [0.717, 1.165) is 0 Å². The van der Waals surface area contributed by atoms with Crippen molar-refractivity contribution in [3.8, 4) is 0 Å². The molecular formula is C7H6ClFN2O. The van der Waals surface area contributed by atoms with Gasteiger partial charge in [-0.15, -0.1) is 0 Å². The fourth-order valence-corrected chi connectivity index (χ4v) is 0.930. The van der Waals surface area contributed by atoms with E-state index in [-0.39, 0.29) is 16.4 Å². The number of nitrogens with zero attached hydrogens (tertiary/aromatic N) is 1. The van der Waals surface area contributed by atoms with E-state index in [1.54, 1.807) is 0 Å². The summed E-state index contributed by atoms with van der Waals surface area (Å²) in [6, 6.07) is 4.26. The van der Waals surface area contributed by atoms with E-state index in [2.05, 4.69) is 5.16 Å². The molecule has 1 rings (SSSR count). The lowest BCUT2D eigenvalue weighted by Crippen LogP contribution is -2.15. The Balaban J connectivity index is 3.26. The van der Waals surface area contributed by atoms with Crippen molar-refractivity contribution in [2.45, 2.75) is 0 Å². The summed E-state index contributed by atoms with van der Waals surface area (Å²) in [5, 5.41) is 10.9. The minimum absolute atomic E-state index is 0.00926. The Labute approximate surface area is 73.2 Å². The van der Waals surface area contributed by atoms with Crippen LogP contribution in [0.4, 0.5) is 4.39 Å². The van der Waals surface area contributed by atoms with Gasteiger partial charge in [0.1, 0.15) is 0 Å². The Kier molecular flexibility index (Phi) is 2.50. The molecule has 0 atom stereocenters. The predicted molar refractivity (Wildman–Crippen MR) is 43.9 cm³/mol. The van der Waals surface area contributed by atoms with Gasteiger partial charge in [-0.1, -0.05) is 22.8 Å². The van der Waals surface area contributed by atoms with Gasteiger partial charge in [0, 0.05) is 0 Å². The second-order valence-electron chi connectivity index (χ2n) is 2.09. The zero-order chi connectivity index (χ0) is 9.14. The topological polar surface area (TPSA) is 58.6 Å². The highest BCUT2D eigenvalue weighted by atomic mass is 35.5. The largest absolute Gasteiger partial charge is 0.409 e. The first-order valence-electron chi connectivity index (χ1n) is 3.08. The summed E-state index contributed by atoms with van der Waals surface area (Å²) in [7, 11) is 0. The Morgan fingerprint density at radius 3 is 2.83 bits per heavy atom. The number of hydrogen-bond donors (Lipinski definition) is 2. The Morgan fingerprint density at radius 2 is 2.25 bits per heavy atom. The van der Waals surface area contributed by atoms with E-state index in [1.807, 2.05) is 0 Å². The van der Waals surface area contributed by atoms with Crippen LogP contribution in [0.25, 0.3) is 0 Å². The van der Waals surface area contributed by atoms with E-state index in [9.17, 15) is 4.39 Å². The highest BCUT2D eigenvalue weighted by molar-refractivity contribution is 6.31. The number of oxime groups is 1. The van der Waals surface area contributed by atoms with Gasteiger partial charge >= 0.3 is 0 Å². The first-order valence-corrected chi connectivity index (χ1v) is 3.46. The molecule has 5 heteroatoms. The fourth-order valence-electron chi connectivity index (χ4n) is 0.755. The van der Waals surface area contributed by atoms with E-state index in [0.29, 0.717) is 0 Å². The minimum atomic E-state index is -0.686. The Hall–Kier alpha value is -1.29. The summed E-state index contributed by atoms with van der Waals surface area (Å²) in [5.41, 5.74) is 5.16. The number of amidine groups is 1. The van der Waals surface area contributed by atoms with Gasteiger partial charge in [-0.25, -0.2) is 4.39 Å². The number of rotatable bonds is 1. The lowest BCUT2D eigenvalue weighted by molar-refractivity contribution is 0.318. The van der Waals surface area contributed by atoms with Crippen molar-refractivity contribution < 1.29 is 9.60 Å². The van der Waals surface area contributed by atoms with Crippen LogP contribution in [-0.2, 0) is 0 Å². The highest BCUT2D eigenvalue weighted by Gasteiger charge is 2.08. The molecule has 0 fully saturated rings. The van der Waals surface area contributed by atoms with E-state index in [4.69, 9.17) is 22.5 Å². The summed E-state index contributed by atoms with van der Waals surface area (Å²) in [4.78, 5) is 0. The Morgan fingerprint density at radius 1 is 1.58 bits per heavy atom. The average Bonchev–Trinajstić information content (AvgIpc) is 2.08. The second-order valence-corrected chi connectivity index (χ2v) is 2.49. The summed E-state index contributed by atoms with van der Waals surface area (Å²) < 4.78 is 13.0. The van der Waals surface area contributed by atoms with Crippen molar-refractivity contribution in [1.82, 2.24) is 0 Å². The van der Waals surface area contributed by atoms with Gasteiger partial charge in [0.15, 0.2) is 11.7 Å². The lowest BCUT2D eigenvalue weighted by Gasteiger charge is -2.00. The van der Waals surface area contributed by atoms with Crippen molar-refractivity contribution in [3.63, 3.8) is 0 Å². The van der Waals surface area contributed by atoms with Gasteiger partial charge in [0.05, 0.1) is 10.6 Å². The van der Waals surface area contributed by atoms with Crippen molar-refractivity contribution in [2.24, 2.45) is 10.9 Å². The number of nitrogens with two attached hydrogens (primary N) is 1. The molecule has 1 aromatic carbocycles. The standard InChI is InChI=1S/C7H6ClFN2O/c8-5-3-1-2-4(6(5)9)7(10)11-12/h1-3,12H,(H2,10,11). The quantitative estimate of drug-likeness (QED) is 0.304. The molecule has 0 unspecified atom stereocenters. The zero-order valence-electron chi connectivity index (χ0n) is 5.96. The van der Waals surface area contributed by atoms with Crippen LogP contribution in [0.2, 0.25) is 5.02 Å². The Bertz CT molecular complexity index is 327. The van der Waals surface area contributed by atoms with Gasteiger partial charge in [0.25, 0.3) is 0 Å². The molecule has 0 spiro atoms. The van der Waals surface area contributed by atoms with Crippen LogP contribution in [0.15, 0.2) is 23.4 Å². The molecule has 12 heavy (non-hydrogen) atoms. The molecule has 0 heterocycles. The first-order chi connectivity index (χ1) is 5.66. The van der Waals surface area contributed by atoms with Crippen molar-refractivity contribution >= 4 is 17.4 Å². The van der Waals surface area contributed by atoms with Crippen molar-refractivity contribution in [2.75, 3.05) is 0 Å². The molecule has 3 nitrogen and oxygen atoms in total. The number of benzene rings is 1. The number of hydrogen-bond acceptors (Lipinski definition) is 2. The number of halogens is 2. The molecule has 0 bridgehead atoms. The van der Waals surface area contributed by atoms with Gasteiger partial charge in [0.2, 0.25) is 0 Å². The van der Waals surface area contributed by atoms with Crippen molar-refractivity contribution in [3.05, 3.63) is 34.6 Å². The van der Waals surface area contributed by atoms with E-state index >= 15 is 0 Å². The normalized spacial score (nSPS) is 11.7. The smallest absolute Gasteiger partial charge is 0.173 e. The molecule has 3 N–H and O–H groups in total. The van der Waals surface area contributed by atoms with Gasteiger partial charge in [-0.3, -0.25) is 0 Å². The molecule has 0 aromatic heterocycles. The molecule has 0 saturated heterocycles. The first kappa shape index (κ1) is 8.80. The van der Waals surface area contributed by atoms with Crippen LogP contribution >= 0.6 is 11.6 Å². The summed E-state index contributed by atoms with van der Waals surface area (Å²) in [5.74, 6) is -0.982. The van der Waals surface area contributed by atoms with Gasteiger partial charge < -0.3 is 10.9 Å². The van der Waals surface area contributed by atoms with Crippen LogP contribution in [0.3, 0.4) is 0 Å². The van der Waals surface area contributed by atoms with Gasteiger partial charge in [-0.05, 0) is 12.1 Å². The third-order valence-electron chi connectivity index (χ3n) is 1.34. The SMILES string of the molecule is N/C(=N/O)c1cccc(Cl)c1F. The monoisotopic (exact) mass is 188 g/mol. The van der Waals surface area contributed by atoms with E-state index < -0.39 is 5.82 Å². The summed E-state index contributed by atoms with van der Waals surface area (Å²) >= 11 is 5.45. The van der Waals surface area contributed by atoms with Crippen LogP contribution < -0.4 is 5.73 Å². The molecular weight excluding hydrogens is 183 g/mol. The molecule has 0 radical (unpaired) electrons. The third kappa shape index (κ3) is 1.48. The molecule has 64 valence electrons. The maximum absolute atomic E-state index is 13.0. The fraction of sp³-hybridized carbons (Fsp3) is 0. The van der Waals surface area contributed by atoms with Crippen LogP contribution in [0, 0.1) is 5.82 Å². The van der Waals surface area contributed by atoms with Crippen molar-refractivity contribution in [1.29, 1.82) is 0 Å². The molecule has 1 aromatic rings. The highest BCUT2D eigenvalue weighted by Crippen LogP contribution is 2.17. The average molecular weight is 189 g/mol. The van der Waals surface area contributed by atoms with E-state index in [1.165, 1.54) is 18.2 Å². The maximum Gasteiger partial charge on any atom is 0.173 e. The second kappa shape index (κ2) is 3.40. The zero-order valence-corrected chi connectivity index (χ0v) is 6.72. The molecule has 0 saturated carbocycles. The molecule has 0 amide bonds. The van der Waals surface area contributed by atoms with Gasteiger partial charge in [-0.2, -0.15) is 0 Å². The molecule has 0 aliphatic rings. The van der Waals surface area contributed by atoms with Crippen LogP contribution in [-0.4, -0.2) is 11.0 Å². The lowest BCUT2D eigenvalue weighted by atomic mass is 10.2. The van der Waals surface area contributed by atoms with Crippen LogP contribution in [0.1, 0.15) is 5.56 Å². The maximum atomic E-state index is 13.0. The molecule has 0 aliphatic heterocycles. The summed E-state index contributed by atoms with van der Waals surface area (Å²) in [6.07, 6.45) is 0. The predicted octanol–water partition coefficient (Wildman–Crippen LogP) is 1.57. The van der Waals surface area contributed by atoms with Crippen LogP contribution in [0.5, 0.6) is 0 Å².